The minimum Gasteiger partial charge on any atom is -0.476 e. The van der Waals surface area contributed by atoms with Gasteiger partial charge in [-0.15, -0.1) is 11.3 Å². The smallest absolute Gasteiger partial charge is 0.365 e. The molecule has 0 bridgehead atoms. The van der Waals surface area contributed by atoms with Gasteiger partial charge in [0, 0.05) is 16.1 Å². The summed E-state index contributed by atoms with van der Waals surface area (Å²) in [4.78, 5) is 14.6. The van der Waals surface area contributed by atoms with Gasteiger partial charge in [-0.1, -0.05) is 11.6 Å². The summed E-state index contributed by atoms with van der Waals surface area (Å²) in [7, 11) is 0. The molecule has 2 aromatic rings. The normalized spacial score (nSPS) is 10.2. The maximum Gasteiger partial charge on any atom is 0.365 e. The average molecular weight is 269 g/mol. The summed E-state index contributed by atoms with van der Waals surface area (Å²) >= 11 is 6.89. The Labute approximate surface area is 107 Å². The summed E-state index contributed by atoms with van der Waals surface area (Å²) in [5.74, 6) is -0.993. The Morgan fingerprint density at radius 1 is 1.41 bits per heavy atom. The minimum absolute atomic E-state index is 0.109. The van der Waals surface area contributed by atoms with E-state index >= 15 is 0 Å². The van der Waals surface area contributed by atoms with Crippen LogP contribution in [0, 0.1) is 0 Å². The fraction of sp³-hybridized carbons (Fsp3) is 0.0909. The number of rotatable bonds is 4. The van der Waals surface area contributed by atoms with Gasteiger partial charge >= 0.3 is 5.97 Å². The lowest BCUT2D eigenvalue weighted by Crippen LogP contribution is -2.01. The number of carboxylic acid groups (broad SMARTS) is 1. The van der Waals surface area contributed by atoms with E-state index in [1.165, 1.54) is 0 Å². The second-order valence-electron chi connectivity index (χ2n) is 3.31. The average Bonchev–Trinajstić information content (AvgIpc) is 2.77. The largest absolute Gasteiger partial charge is 0.476 e. The van der Waals surface area contributed by atoms with Crippen molar-refractivity contribution in [2.75, 3.05) is 5.32 Å². The molecule has 0 atom stereocenters. The first-order valence-electron chi connectivity index (χ1n) is 4.82. The Morgan fingerprint density at radius 2 is 2.12 bits per heavy atom. The van der Waals surface area contributed by atoms with Crippen molar-refractivity contribution in [3.05, 3.63) is 45.4 Å². The highest BCUT2D eigenvalue weighted by molar-refractivity contribution is 7.11. The molecule has 1 aromatic carbocycles. The Hall–Kier alpha value is -1.59. The van der Waals surface area contributed by atoms with Gasteiger partial charge < -0.3 is 10.4 Å². The molecule has 6 heteroatoms. The molecule has 0 saturated carbocycles. The first kappa shape index (κ1) is 11.9. The number of nitrogens with one attached hydrogen (secondary N) is 1. The van der Waals surface area contributed by atoms with Crippen LogP contribution >= 0.6 is 22.9 Å². The van der Waals surface area contributed by atoms with E-state index in [-0.39, 0.29) is 5.01 Å². The molecule has 0 amide bonds. The molecule has 0 spiro atoms. The van der Waals surface area contributed by atoms with Gasteiger partial charge in [-0.05, 0) is 24.3 Å². The lowest BCUT2D eigenvalue weighted by atomic mass is 10.3. The number of aromatic carboxylic acids is 1. The van der Waals surface area contributed by atoms with Crippen LogP contribution in [0.3, 0.4) is 0 Å². The SMILES string of the molecule is O=C(O)c1nc(CNc2ccc(Cl)cc2)cs1. The molecule has 4 nitrogen and oxygen atoms in total. The predicted octanol–water partition coefficient (Wildman–Crippen LogP) is 3.11. The summed E-state index contributed by atoms with van der Waals surface area (Å²) in [5, 5.41) is 14.4. The molecule has 2 N–H and O–H groups in total. The Balaban J connectivity index is 1.97. The number of hydrogen-bond donors (Lipinski definition) is 2. The molecule has 0 unspecified atom stereocenters. The van der Waals surface area contributed by atoms with Crippen molar-refractivity contribution in [3.8, 4) is 0 Å². The van der Waals surface area contributed by atoms with Crippen molar-refractivity contribution in [3.63, 3.8) is 0 Å². The van der Waals surface area contributed by atoms with Crippen LogP contribution in [-0.2, 0) is 6.54 Å². The highest BCUT2D eigenvalue weighted by Gasteiger charge is 2.08. The second-order valence-corrected chi connectivity index (χ2v) is 4.60. The number of aromatic nitrogens is 1. The van der Waals surface area contributed by atoms with E-state index < -0.39 is 5.97 Å². The summed E-state index contributed by atoms with van der Waals surface area (Å²) in [6.45, 7) is 0.491. The van der Waals surface area contributed by atoms with Crippen LogP contribution in [0.25, 0.3) is 0 Å². The van der Waals surface area contributed by atoms with E-state index in [2.05, 4.69) is 10.3 Å². The number of anilines is 1. The van der Waals surface area contributed by atoms with Crippen molar-refractivity contribution in [1.82, 2.24) is 4.98 Å². The van der Waals surface area contributed by atoms with Crippen molar-refractivity contribution >= 4 is 34.6 Å². The molecule has 88 valence electrons. The van der Waals surface area contributed by atoms with Crippen molar-refractivity contribution in [2.24, 2.45) is 0 Å². The zero-order valence-electron chi connectivity index (χ0n) is 8.68. The fourth-order valence-electron chi connectivity index (χ4n) is 1.25. The van der Waals surface area contributed by atoms with E-state index in [1.54, 1.807) is 17.5 Å². The number of nitrogens with zero attached hydrogens (tertiary/aromatic N) is 1. The monoisotopic (exact) mass is 268 g/mol. The Bertz CT molecular complexity index is 525. The van der Waals surface area contributed by atoms with Gasteiger partial charge in [-0.3, -0.25) is 0 Å². The highest BCUT2D eigenvalue weighted by Crippen LogP contribution is 2.15. The van der Waals surface area contributed by atoms with E-state index in [1.807, 2.05) is 12.1 Å². The summed E-state index contributed by atoms with van der Waals surface area (Å²) in [5.41, 5.74) is 1.63. The lowest BCUT2D eigenvalue weighted by molar-refractivity contribution is 0.0696. The number of hydrogen-bond acceptors (Lipinski definition) is 4. The number of thiazole rings is 1. The van der Waals surface area contributed by atoms with Gasteiger partial charge in [-0.25, -0.2) is 9.78 Å². The summed E-state index contributed by atoms with van der Waals surface area (Å²) in [6, 6.07) is 7.28. The third-order valence-electron chi connectivity index (χ3n) is 2.05. The number of carbonyl (C=O) groups is 1. The molecule has 2 rings (SSSR count). The third kappa shape index (κ3) is 3.18. The van der Waals surface area contributed by atoms with Crippen molar-refractivity contribution in [2.45, 2.75) is 6.54 Å². The summed E-state index contributed by atoms with van der Waals surface area (Å²) < 4.78 is 0. The molecule has 0 saturated heterocycles. The minimum atomic E-state index is -0.993. The second kappa shape index (κ2) is 5.16. The van der Waals surface area contributed by atoms with Gasteiger partial charge in [0.25, 0.3) is 0 Å². The maximum atomic E-state index is 10.6. The van der Waals surface area contributed by atoms with Gasteiger partial charge in [0.2, 0.25) is 5.01 Å². The van der Waals surface area contributed by atoms with Crippen LogP contribution in [0.15, 0.2) is 29.6 Å². The van der Waals surface area contributed by atoms with Crippen LogP contribution in [0.2, 0.25) is 5.02 Å². The van der Waals surface area contributed by atoms with Gasteiger partial charge in [0.05, 0.1) is 12.2 Å². The van der Waals surface area contributed by atoms with E-state index in [4.69, 9.17) is 16.7 Å². The third-order valence-corrected chi connectivity index (χ3v) is 3.18. The number of benzene rings is 1. The highest BCUT2D eigenvalue weighted by atomic mass is 35.5. The zero-order valence-corrected chi connectivity index (χ0v) is 10.3. The van der Waals surface area contributed by atoms with Crippen LogP contribution in [-0.4, -0.2) is 16.1 Å². The van der Waals surface area contributed by atoms with Crippen LogP contribution in [0.5, 0.6) is 0 Å². The zero-order chi connectivity index (χ0) is 12.3. The van der Waals surface area contributed by atoms with E-state index in [0.717, 1.165) is 17.0 Å². The molecule has 0 aliphatic carbocycles. The van der Waals surface area contributed by atoms with Crippen LogP contribution < -0.4 is 5.32 Å². The Morgan fingerprint density at radius 3 is 2.71 bits per heavy atom. The lowest BCUT2D eigenvalue weighted by Gasteiger charge is -2.03. The van der Waals surface area contributed by atoms with Crippen LogP contribution in [0.1, 0.15) is 15.5 Å². The van der Waals surface area contributed by atoms with E-state index in [0.29, 0.717) is 17.3 Å². The first-order valence-corrected chi connectivity index (χ1v) is 6.08. The fourth-order valence-corrected chi connectivity index (χ4v) is 2.03. The van der Waals surface area contributed by atoms with Crippen LogP contribution in [0.4, 0.5) is 5.69 Å². The quantitative estimate of drug-likeness (QED) is 0.894. The molecular formula is C11H9ClN2O2S. The maximum absolute atomic E-state index is 10.6. The molecule has 1 heterocycles. The standard InChI is InChI=1S/C11H9ClN2O2S/c12-7-1-3-8(4-2-7)13-5-9-6-17-10(14-9)11(15)16/h1-4,6,13H,5H2,(H,15,16). The summed E-state index contributed by atoms with van der Waals surface area (Å²) in [6.07, 6.45) is 0. The predicted molar refractivity (Wildman–Crippen MR) is 67.9 cm³/mol. The molecular weight excluding hydrogens is 260 g/mol. The van der Waals surface area contributed by atoms with E-state index in [9.17, 15) is 4.79 Å². The van der Waals surface area contributed by atoms with Crippen molar-refractivity contribution < 1.29 is 9.90 Å². The first-order chi connectivity index (χ1) is 8.15. The molecule has 17 heavy (non-hydrogen) atoms. The molecule has 0 aliphatic heterocycles. The topological polar surface area (TPSA) is 62.2 Å². The van der Waals surface area contributed by atoms with Gasteiger partial charge in [-0.2, -0.15) is 0 Å². The molecule has 0 fully saturated rings. The Kier molecular flexibility index (Phi) is 3.61. The number of halogens is 1. The molecule has 0 radical (unpaired) electrons. The van der Waals surface area contributed by atoms with Crippen molar-refractivity contribution in [1.29, 1.82) is 0 Å². The van der Waals surface area contributed by atoms with Gasteiger partial charge in [0.15, 0.2) is 0 Å². The molecule has 1 aromatic heterocycles. The molecule has 0 aliphatic rings. The van der Waals surface area contributed by atoms with Gasteiger partial charge in [0.1, 0.15) is 0 Å². The number of carboxylic acids is 1.